The predicted molar refractivity (Wildman–Crippen MR) is 75.8 cm³/mol. The van der Waals surface area contributed by atoms with Gasteiger partial charge in [0, 0.05) is 5.38 Å². The van der Waals surface area contributed by atoms with E-state index >= 15 is 0 Å². The normalized spacial score (nSPS) is 12.9. The summed E-state index contributed by atoms with van der Waals surface area (Å²) in [6, 6.07) is 1.67. The van der Waals surface area contributed by atoms with Gasteiger partial charge in [-0.05, 0) is 39.8 Å². The molecule has 0 saturated heterocycles. The summed E-state index contributed by atoms with van der Waals surface area (Å²) in [7, 11) is 0. The maximum atomic E-state index is 11.8. The van der Waals surface area contributed by atoms with Crippen LogP contribution < -0.4 is 0 Å². The molecule has 1 heterocycles. The van der Waals surface area contributed by atoms with Gasteiger partial charge in [-0.15, -0.1) is 11.3 Å². The van der Waals surface area contributed by atoms with Crippen molar-refractivity contribution in [3.8, 4) is 6.07 Å². The molecule has 1 rings (SSSR count). The molecule has 1 aromatic heterocycles. The van der Waals surface area contributed by atoms with Crippen LogP contribution in [-0.4, -0.2) is 22.3 Å². The highest BCUT2D eigenvalue weighted by Crippen LogP contribution is 2.13. The third-order valence-electron chi connectivity index (χ3n) is 2.11. The van der Waals surface area contributed by atoms with E-state index in [1.165, 1.54) is 23.5 Å². The van der Waals surface area contributed by atoms with Crippen LogP contribution in [0.1, 0.15) is 31.5 Å². The van der Waals surface area contributed by atoms with Crippen LogP contribution in [0.25, 0.3) is 6.08 Å². The summed E-state index contributed by atoms with van der Waals surface area (Å²) in [5.41, 5.74) is -0.107. The smallest absolute Gasteiger partial charge is 0.331 e. The monoisotopic (exact) mass is 292 g/mol. The maximum Gasteiger partial charge on any atom is 0.331 e. The number of nitrogens with zero attached hydrogens (tertiary/aromatic N) is 2. The average molecular weight is 292 g/mol. The minimum Gasteiger partial charge on any atom is -0.459 e. The van der Waals surface area contributed by atoms with E-state index in [2.05, 4.69) is 4.98 Å². The summed E-state index contributed by atoms with van der Waals surface area (Å²) < 4.78 is 5.04. The van der Waals surface area contributed by atoms with Crippen molar-refractivity contribution in [3.63, 3.8) is 0 Å². The van der Waals surface area contributed by atoms with E-state index in [0.717, 1.165) is 5.01 Å². The van der Waals surface area contributed by atoms with Crippen LogP contribution >= 0.6 is 11.3 Å². The van der Waals surface area contributed by atoms with Crippen molar-refractivity contribution < 1.29 is 14.3 Å². The summed E-state index contributed by atoms with van der Waals surface area (Å²) in [5, 5.41) is 11.6. The first kappa shape index (κ1) is 16.1. The number of hydrogen-bond donors (Lipinski definition) is 0. The van der Waals surface area contributed by atoms with Gasteiger partial charge >= 0.3 is 5.97 Å². The first-order valence-corrected chi connectivity index (χ1v) is 6.87. The van der Waals surface area contributed by atoms with E-state index in [-0.39, 0.29) is 0 Å². The Kier molecular flexibility index (Phi) is 5.17. The zero-order valence-electron chi connectivity index (χ0n) is 11.8. The van der Waals surface area contributed by atoms with Gasteiger partial charge in [0.1, 0.15) is 5.60 Å². The van der Waals surface area contributed by atoms with Gasteiger partial charge in [-0.25, -0.2) is 4.98 Å². The van der Waals surface area contributed by atoms with Gasteiger partial charge in [0.15, 0.2) is 5.78 Å². The second-order valence-electron chi connectivity index (χ2n) is 5.12. The lowest BCUT2D eigenvalue weighted by Crippen LogP contribution is -2.31. The van der Waals surface area contributed by atoms with Crippen molar-refractivity contribution in [1.82, 2.24) is 4.98 Å². The number of hydrogen-bond acceptors (Lipinski definition) is 6. The predicted octanol–water partition coefficient (Wildman–Crippen LogP) is 2.52. The van der Waals surface area contributed by atoms with E-state index < -0.39 is 23.3 Å². The molecule has 1 aromatic rings. The molecule has 0 amide bonds. The molecule has 5 nitrogen and oxygen atoms in total. The number of carbonyl (C=O) groups excluding carboxylic acids is 2. The van der Waals surface area contributed by atoms with E-state index in [9.17, 15) is 9.59 Å². The molecule has 0 aliphatic heterocycles. The molecule has 106 valence electrons. The highest BCUT2D eigenvalue weighted by molar-refractivity contribution is 7.09. The topological polar surface area (TPSA) is 80.0 Å². The fourth-order valence-electron chi connectivity index (χ4n) is 1.31. The molecule has 0 aliphatic carbocycles. The van der Waals surface area contributed by atoms with Crippen LogP contribution in [-0.2, 0) is 14.3 Å². The number of nitriles is 1. The lowest BCUT2D eigenvalue weighted by Gasteiger charge is -2.20. The van der Waals surface area contributed by atoms with E-state index in [4.69, 9.17) is 10.00 Å². The number of aryl methyl sites for hydroxylation is 1. The second-order valence-corrected chi connectivity index (χ2v) is 6.18. The quantitative estimate of drug-likeness (QED) is 0.484. The highest BCUT2D eigenvalue weighted by atomic mass is 32.1. The molecule has 0 N–H and O–H groups in total. The molecular formula is C14H16N2O3S. The molecule has 1 atom stereocenters. The van der Waals surface area contributed by atoms with E-state index in [1.807, 2.05) is 6.92 Å². The molecule has 20 heavy (non-hydrogen) atoms. The Balaban J connectivity index is 2.75. The van der Waals surface area contributed by atoms with Crippen molar-refractivity contribution in [1.29, 1.82) is 5.26 Å². The number of ether oxygens (including phenoxy) is 1. The molecular weight excluding hydrogens is 276 g/mol. The number of ketones is 1. The van der Waals surface area contributed by atoms with Crippen molar-refractivity contribution in [2.24, 2.45) is 5.92 Å². The molecule has 0 spiro atoms. The molecule has 0 aromatic carbocycles. The fourth-order valence-corrected chi connectivity index (χ4v) is 1.89. The number of thiazole rings is 1. The summed E-state index contributed by atoms with van der Waals surface area (Å²) in [4.78, 5) is 27.7. The number of carbonyl (C=O) groups is 2. The molecule has 0 fully saturated rings. The highest BCUT2D eigenvalue weighted by Gasteiger charge is 2.29. The second kappa shape index (κ2) is 6.44. The molecule has 0 aliphatic rings. The Morgan fingerprint density at radius 2 is 2.15 bits per heavy atom. The van der Waals surface area contributed by atoms with E-state index in [0.29, 0.717) is 5.69 Å². The van der Waals surface area contributed by atoms with Crippen molar-refractivity contribution in [3.05, 3.63) is 22.2 Å². The van der Waals surface area contributed by atoms with Crippen molar-refractivity contribution in [2.45, 2.75) is 33.3 Å². The molecule has 0 saturated carbocycles. The Morgan fingerprint density at radius 3 is 2.60 bits per heavy atom. The first-order valence-electron chi connectivity index (χ1n) is 5.99. The van der Waals surface area contributed by atoms with Crippen LogP contribution in [0.15, 0.2) is 11.5 Å². The molecule has 6 heteroatoms. The van der Waals surface area contributed by atoms with Crippen LogP contribution in [0.4, 0.5) is 0 Å². The Hall–Kier alpha value is -2.00. The minimum absolute atomic E-state index is 0.604. The Bertz CT molecular complexity index is 576. The lowest BCUT2D eigenvalue weighted by atomic mass is 10.0. The van der Waals surface area contributed by atoms with Gasteiger partial charge in [0.05, 0.1) is 16.8 Å². The summed E-state index contributed by atoms with van der Waals surface area (Å²) in [6.45, 7) is 6.88. The van der Waals surface area contributed by atoms with Crippen LogP contribution in [0.5, 0.6) is 0 Å². The summed E-state index contributed by atoms with van der Waals surface area (Å²) in [6.07, 6.45) is 2.67. The van der Waals surface area contributed by atoms with Gasteiger partial charge in [0.2, 0.25) is 5.92 Å². The van der Waals surface area contributed by atoms with E-state index in [1.54, 1.807) is 32.2 Å². The molecule has 0 radical (unpaired) electrons. The van der Waals surface area contributed by atoms with Gasteiger partial charge in [-0.1, -0.05) is 0 Å². The number of rotatable bonds is 4. The average Bonchev–Trinajstić information content (AvgIpc) is 2.71. The number of esters is 1. The zero-order chi connectivity index (χ0) is 15.3. The zero-order valence-corrected chi connectivity index (χ0v) is 12.7. The van der Waals surface area contributed by atoms with Crippen molar-refractivity contribution >= 4 is 29.2 Å². The maximum absolute atomic E-state index is 11.8. The van der Waals surface area contributed by atoms with Crippen LogP contribution in [0, 0.1) is 24.2 Å². The minimum atomic E-state index is -1.44. The van der Waals surface area contributed by atoms with Gasteiger partial charge in [0.25, 0.3) is 0 Å². The largest absolute Gasteiger partial charge is 0.459 e. The molecule has 0 bridgehead atoms. The number of allylic oxidation sites excluding steroid dienone is 1. The lowest BCUT2D eigenvalue weighted by molar-refractivity contribution is -0.159. The number of aromatic nitrogens is 1. The summed E-state index contributed by atoms with van der Waals surface area (Å²) >= 11 is 1.45. The standard InChI is InChI=1S/C14H16N2O3S/c1-9-16-10(8-20-9)5-6-12(17)11(7-15)13(18)19-14(2,3)4/h5-6,8,11H,1-4H3/b6-5+. The third-order valence-corrected chi connectivity index (χ3v) is 2.90. The van der Waals surface area contributed by atoms with Crippen LogP contribution in [0.3, 0.4) is 0 Å². The van der Waals surface area contributed by atoms with Gasteiger partial charge in [-0.2, -0.15) is 5.26 Å². The summed E-state index contributed by atoms with van der Waals surface area (Å²) in [5.74, 6) is -2.87. The Morgan fingerprint density at radius 1 is 1.50 bits per heavy atom. The molecule has 1 unspecified atom stereocenters. The first-order chi connectivity index (χ1) is 9.23. The SMILES string of the molecule is Cc1nc(/C=C/C(=O)C(C#N)C(=O)OC(C)(C)C)cs1. The fraction of sp³-hybridized carbons (Fsp3) is 0.429. The Labute approximate surface area is 121 Å². The van der Waals surface area contributed by atoms with Crippen LogP contribution in [0.2, 0.25) is 0 Å². The van der Waals surface area contributed by atoms with Gasteiger partial charge < -0.3 is 4.74 Å². The van der Waals surface area contributed by atoms with Crippen molar-refractivity contribution in [2.75, 3.05) is 0 Å². The van der Waals surface area contributed by atoms with Gasteiger partial charge in [-0.3, -0.25) is 9.59 Å². The third kappa shape index (κ3) is 4.94.